The summed E-state index contributed by atoms with van der Waals surface area (Å²) in [6, 6.07) is 4.61. The molecule has 0 saturated carbocycles. The van der Waals surface area contributed by atoms with Crippen LogP contribution in [0.25, 0.3) is 0 Å². The molecule has 1 aromatic rings. The lowest BCUT2D eigenvalue weighted by Gasteiger charge is -2.22. The van der Waals surface area contributed by atoms with Crippen LogP contribution in [0.4, 0.5) is 0 Å². The minimum Gasteiger partial charge on any atom is -0.357 e. The maximum Gasteiger partial charge on any atom is 0.191 e. The van der Waals surface area contributed by atoms with E-state index >= 15 is 0 Å². The molecule has 5 heteroatoms. The standard InChI is InChI=1S/C13H24N4S/c1-5-14-13(15-6-2)16-10-11(17(3)4)12-8-7-9-18-12/h7-9,11H,5-6,10H2,1-4H3,(H2,14,15,16). The maximum absolute atomic E-state index is 4.64. The number of guanidine groups is 1. The Labute approximate surface area is 114 Å². The van der Waals surface area contributed by atoms with E-state index in [4.69, 9.17) is 0 Å². The van der Waals surface area contributed by atoms with Gasteiger partial charge in [-0.25, -0.2) is 0 Å². The Morgan fingerprint density at radius 2 is 2.00 bits per heavy atom. The number of hydrogen-bond acceptors (Lipinski definition) is 3. The number of aliphatic imine (C=N–C) groups is 1. The highest BCUT2D eigenvalue weighted by atomic mass is 32.1. The van der Waals surface area contributed by atoms with E-state index in [9.17, 15) is 0 Å². The van der Waals surface area contributed by atoms with Crippen molar-refractivity contribution in [1.29, 1.82) is 0 Å². The summed E-state index contributed by atoms with van der Waals surface area (Å²) in [4.78, 5) is 8.21. The third-order valence-corrected chi connectivity index (χ3v) is 3.58. The van der Waals surface area contributed by atoms with Crippen molar-refractivity contribution >= 4 is 17.3 Å². The number of thiophene rings is 1. The zero-order valence-electron chi connectivity index (χ0n) is 11.7. The Kier molecular flexibility index (Phi) is 6.75. The van der Waals surface area contributed by atoms with Crippen LogP contribution >= 0.6 is 11.3 Å². The SMILES string of the molecule is CCNC(=NCC(c1cccs1)N(C)C)NCC. The van der Waals surface area contributed by atoms with Crippen LogP contribution < -0.4 is 10.6 Å². The van der Waals surface area contributed by atoms with Crippen molar-refractivity contribution in [2.75, 3.05) is 33.7 Å². The molecule has 102 valence electrons. The molecule has 0 bridgehead atoms. The fourth-order valence-electron chi connectivity index (χ4n) is 1.68. The van der Waals surface area contributed by atoms with Crippen molar-refractivity contribution in [3.05, 3.63) is 22.4 Å². The topological polar surface area (TPSA) is 39.7 Å². The normalized spacial score (nSPS) is 12.3. The van der Waals surface area contributed by atoms with E-state index in [2.05, 4.69) is 66.0 Å². The second-order valence-corrected chi connectivity index (χ2v) is 5.22. The quantitative estimate of drug-likeness (QED) is 0.612. The zero-order chi connectivity index (χ0) is 13.4. The van der Waals surface area contributed by atoms with Gasteiger partial charge in [0, 0.05) is 18.0 Å². The largest absolute Gasteiger partial charge is 0.357 e. The van der Waals surface area contributed by atoms with Gasteiger partial charge in [0.1, 0.15) is 0 Å². The molecular formula is C13H24N4S. The van der Waals surface area contributed by atoms with Crippen LogP contribution in [-0.4, -0.2) is 44.6 Å². The second kappa shape index (κ2) is 8.11. The summed E-state index contributed by atoms with van der Waals surface area (Å²) in [6.45, 7) is 6.70. The zero-order valence-corrected chi connectivity index (χ0v) is 12.5. The van der Waals surface area contributed by atoms with Crippen LogP contribution in [0.3, 0.4) is 0 Å². The first-order valence-corrected chi connectivity index (χ1v) is 7.29. The lowest BCUT2D eigenvalue weighted by molar-refractivity contribution is 0.310. The summed E-state index contributed by atoms with van der Waals surface area (Å²) in [5.41, 5.74) is 0. The average Bonchev–Trinajstić information content (AvgIpc) is 2.83. The van der Waals surface area contributed by atoms with Crippen LogP contribution in [0.1, 0.15) is 24.8 Å². The van der Waals surface area contributed by atoms with Gasteiger partial charge in [0.2, 0.25) is 0 Å². The number of likely N-dealkylation sites (N-methyl/N-ethyl adjacent to an activating group) is 1. The Bertz CT molecular complexity index is 338. The van der Waals surface area contributed by atoms with Gasteiger partial charge in [-0.2, -0.15) is 0 Å². The van der Waals surface area contributed by atoms with Gasteiger partial charge in [0.05, 0.1) is 12.6 Å². The van der Waals surface area contributed by atoms with Gasteiger partial charge >= 0.3 is 0 Å². The van der Waals surface area contributed by atoms with E-state index in [1.54, 1.807) is 11.3 Å². The van der Waals surface area contributed by atoms with Gasteiger partial charge in [-0.05, 0) is 39.4 Å². The summed E-state index contributed by atoms with van der Waals surface area (Å²) in [5, 5.41) is 8.61. The van der Waals surface area contributed by atoms with Crippen molar-refractivity contribution in [3.63, 3.8) is 0 Å². The Hall–Kier alpha value is -1.07. The summed E-state index contributed by atoms with van der Waals surface area (Å²) in [5.74, 6) is 0.892. The average molecular weight is 268 g/mol. The molecule has 18 heavy (non-hydrogen) atoms. The van der Waals surface area contributed by atoms with Gasteiger partial charge in [-0.15, -0.1) is 11.3 Å². The number of rotatable bonds is 6. The summed E-state index contributed by atoms with van der Waals surface area (Å²) >= 11 is 1.79. The first kappa shape index (κ1) is 15.0. The Morgan fingerprint density at radius 1 is 1.33 bits per heavy atom. The molecule has 0 aliphatic carbocycles. The van der Waals surface area contributed by atoms with E-state index in [0.29, 0.717) is 6.04 Å². The van der Waals surface area contributed by atoms with Crippen LogP contribution in [0.5, 0.6) is 0 Å². The molecule has 4 nitrogen and oxygen atoms in total. The van der Waals surface area contributed by atoms with E-state index in [-0.39, 0.29) is 0 Å². The van der Waals surface area contributed by atoms with Gasteiger partial charge < -0.3 is 15.5 Å². The molecule has 1 unspecified atom stereocenters. The van der Waals surface area contributed by atoms with E-state index < -0.39 is 0 Å². The maximum atomic E-state index is 4.64. The molecule has 0 aromatic carbocycles. The fraction of sp³-hybridized carbons (Fsp3) is 0.615. The van der Waals surface area contributed by atoms with Crippen molar-refractivity contribution in [1.82, 2.24) is 15.5 Å². The molecule has 0 spiro atoms. The molecule has 1 aromatic heterocycles. The Balaban J connectivity index is 2.68. The molecular weight excluding hydrogens is 244 g/mol. The fourth-order valence-corrected chi connectivity index (χ4v) is 2.59. The van der Waals surface area contributed by atoms with Gasteiger partial charge in [0.25, 0.3) is 0 Å². The van der Waals surface area contributed by atoms with Crippen LogP contribution in [0.2, 0.25) is 0 Å². The molecule has 0 saturated heterocycles. The Morgan fingerprint density at radius 3 is 2.44 bits per heavy atom. The lowest BCUT2D eigenvalue weighted by atomic mass is 10.2. The third kappa shape index (κ3) is 4.66. The third-order valence-electron chi connectivity index (χ3n) is 2.61. The summed E-state index contributed by atoms with van der Waals surface area (Å²) in [6.07, 6.45) is 0. The van der Waals surface area contributed by atoms with Crippen molar-refractivity contribution in [2.24, 2.45) is 4.99 Å². The molecule has 1 rings (SSSR count). The highest BCUT2D eigenvalue weighted by Gasteiger charge is 2.14. The van der Waals surface area contributed by atoms with Gasteiger partial charge in [-0.1, -0.05) is 6.07 Å². The minimum absolute atomic E-state index is 0.345. The smallest absolute Gasteiger partial charge is 0.191 e. The lowest BCUT2D eigenvalue weighted by Crippen LogP contribution is -2.37. The molecule has 0 radical (unpaired) electrons. The summed E-state index contributed by atoms with van der Waals surface area (Å²) in [7, 11) is 4.19. The molecule has 0 aliphatic rings. The predicted molar refractivity (Wildman–Crippen MR) is 80.4 cm³/mol. The molecule has 1 atom stereocenters. The number of nitrogens with zero attached hydrogens (tertiary/aromatic N) is 2. The first-order valence-electron chi connectivity index (χ1n) is 6.41. The number of nitrogens with one attached hydrogen (secondary N) is 2. The van der Waals surface area contributed by atoms with Crippen LogP contribution in [-0.2, 0) is 0 Å². The molecule has 2 N–H and O–H groups in total. The second-order valence-electron chi connectivity index (χ2n) is 4.24. The van der Waals surface area contributed by atoms with Gasteiger partial charge in [-0.3, -0.25) is 4.99 Å². The van der Waals surface area contributed by atoms with Crippen LogP contribution in [0, 0.1) is 0 Å². The van der Waals surface area contributed by atoms with E-state index in [0.717, 1.165) is 25.6 Å². The van der Waals surface area contributed by atoms with E-state index in [1.807, 2.05) is 0 Å². The first-order chi connectivity index (χ1) is 8.69. The molecule has 0 aliphatic heterocycles. The molecule has 0 fully saturated rings. The van der Waals surface area contributed by atoms with Crippen molar-refractivity contribution in [3.8, 4) is 0 Å². The molecule has 0 amide bonds. The minimum atomic E-state index is 0.345. The molecule has 1 heterocycles. The van der Waals surface area contributed by atoms with Gasteiger partial charge in [0.15, 0.2) is 5.96 Å². The van der Waals surface area contributed by atoms with Crippen molar-refractivity contribution in [2.45, 2.75) is 19.9 Å². The predicted octanol–water partition coefficient (Wildman–Crippen LogP) is 1.93. The monoisotopic (exact) mass is 268 g/mol. The van der Waals surface area contributed by atoms with Crippen LogP contribution in [0.15, 0.2) is 22.5 Å². The highest BCUT2D eigenvalue weighted by Crippen LogP contribution is 2.23. The van der Waals surface area contributed by atoms with E-state index in [1.165, 1.54) is 4.88 Å². The summed E-state index contributed by atoms with van der Waals surface area (Å²) < 4.78 is 0. The highest BCUT2D eigenvalue weighted by molar-refractivity contribution is 7.10. The van der Waals surface area contributed by atoms with Crippen molar-refractivity contribution < 1.29 is 0 Å². The number of hydrogen-bond donors (Lipinski definition) is 2.